The Hall–Kier alpha value is -2.97. The Bertz CT molecular complexity index is 1320. The zero-order chi connectivity index (χ0) is 22.8. The predicted molar refractivity (Wildman–Crippen MR) is 117 cm³/mol. The molecule has 3 rings (SSSR count). The van der Waals surface area contributed by atoms with E-state index in [1.807, 2.05) is 0 Å². The molecule has 31 heavy (non-hydrogen) atoms. The van der Waals surface area contributed by atoms with Crippen LogP contribution < -0.4 is 5.56 Å². The van der Waals surface area contributed by atoms with Crippen LogP contribution in [-0.4, -0.2) is 30.2 Å². The van der Waals surface area contributed by atoms with Crippen LogP contribution in [0.15, 0.2) is 75.6 Å². The van der Waals surface area contributed by atoms with Gasteiger partial charge in [-0.1, -0.05) is 35.0 Å². The van der Waals surface area contributed by atoms with Crippen molar-refractivity contribution in [3.63, 3.8) is 0 Å². The van der Waals surface area contributed by atoms with E-state index in [9.17, 15) is 22.8 Å². The van der Waals surface area contributed by atoms with Crippen molar-refractivity contribution in [2.45, 2.75) is 17.2 Å². The number of hydrogen-bond donors (Lipinski definition) is 1. The lowest BCUT2D eigenvalue weighted by atomic mass is 9.85. The molecule has 1 N–H and O–H groups in total. The fourth-order valence-corrected chi connectivity index (χ4v) is 4.16. The minimum Gasteiger partial charge on any atom is -0.411 e. The lowest BCUT2D eigenvalue weighted by molar-refractivity contribution is 0.317. The number of rotatable bonds is 6. The van der Waals surface area contributed by atoms with Crippen molar-refractivity contribution >= 4 is 27.1 Å². The Balaban J connectivity index is 2.14. The van der Waals surface area contributed by atoms with Gasteiger partial charge in [-0.3, -0.25) is 4.79 Å². The standard InChI is InChI=1S/C22H20ClFN2O4S/c1-26-13-15(6-9-22(26)27)21(25-28)12-19(18-8-7-16(23)11-20(18)24)14-4-3-5-17(10-14)31(2,29)30/h3-11,13,19,28H,12H2,1-2H3/b25-21-. The second kappa shape index (κ2) is 9.03. The zero-order valence-electron chi connectivity index (χ0n) is 16.8. The van der Waals surface area contributed by atoms with Gasteiger partial charge in [0, 0.05) is 48.5 Å². The van der Waals surface area contributed by atoms with Crippen molar-refractivity contribution in [3.05, 3.63) is 98.7 Å². The number of aromatic nitrogens is 1. The zero-order valence-corrected chi connectivity index (χ0v) is 18.4. The molecule has 1 aromatic heterocycles. The molecule has 0 aliphatic heterocycles. The first-order valence-corrected chi connectivity index (χ1v) is 11.5. The number of oxime groups is 1. The van der Waals surface area contributed by atoms with Gasteiger partial charge in [-0.25, -0.2) is 12.8 Å². The van der Waals surface area contributed by atoms with Gasteiger partial charge in [0.2, 0.25) is 5.56 Å². The van der Waals surface area contributed by atoms with Crippen LogP contribution in [0.1, 0.15) is 29.0 Å². The smallest absolute Gasteiger partial charge is 0.250 e. The van der Waals surface area contributed by atoms with Gasteiger partial charge in [0.25, 0.3) is 0 Å². The fourth-order valence-electron chi connectivity index (χ4n) is 3.33. The first kappa shape index (κ1) is 22.7. The molecule has 0 aliphatic carbocycles. The molecule has 1 unspecified atom stereocenters. The number of sulfone groups is 1. The monoisotopic (exact) mass is 462 g/mol. The number of halogens is 2. The van der Waals surface area contributed by atoms with Gasteiger partial charge >= 0.3 is 0 Å². The maximum atomic E-state index is 14.8. The summed E-state index contributed by atoms with van der Waals surface area (Å²) in [7, 11) is -1.92. The van der Waals surface area contributed by atoms with E-state index in [1.54, 1.807) is 19.2 Å². The van der Waals surface area contributed by atoms with Crippen LogP contribution in [0.25, 0.3) is 0 Å². The first-order valence-electron chi connectivity index (χ1n) is 9.23. The summed E-state index contributed by atoms with van der Waals surface area (Å²) >= 11 is 5.90. The molecule has 0 aliphatic rings. The topological polar surface area (TPSA) is 88.7 Å². The van der Waals surface area contributed by atoms with E-state index in [1.165, 1.54) is 53.2 Å². The van der Waals surface area contributed by atoms with Crippen LogP contribution in [0.3, 0.4) is 0 Å². The van der Waals surface area contributed by atoms with Gasteiger partial charge in [0.15, 0.2) is 9.84 Å². The number of aryl methyl sites for hydroxylation is 1. The van der Waals surface area contributed by atoms with Crippen molar-refractivity contribution < 1.29 is 18.0 Å². The second-order valence-electron chi connectivity index (χ2n) is 7.18. The summed E-state index contributed by atoms with van der Waals surface area (Å²) < 4.78 is 40.3. The molecule has 0 saturated carbocycles. The van der Waals surface area contributed by atoms with Crippen LogP contribution in [0.2, 0.25) is 5.02 Å². The largest absolute Gasteiger partial charge is 0.411 e. The summed E-state index contributed by atoms with van der Waals surface area (Å²) in [6.07, 6.45) is 2.65. The van der Waals surface area contributed by atoms with Gasteiger partial charge in [-0.05, 0) is 41.5 Å². The third-order valence-electron chi connectivity index (χ3n) is 4.96. The maximum absolute atomic E-state index is 14.8. The van der Waals surface area contributed by atoms with Crippen LogP contribution in [0.5, 0.6) is 0 Å². The highest BCUT2D eigenvalue weighted by atomic mass is 35.5. The molecule has 2 aromatic carbocycles. The summed E-state index contributed by atoms with van der Waals surface area (Å²) in [4.78, 5) is 11.8. The number of hydrogen-bond acceptors (Lipinski definition) is 5. The Morgan fingerprint density at radius 1 is 1.19 bits per heavy atom. The van der Waals surface area contributed by atoms with Crippen LogP contribution >= 0.6 is 11.6 Å². The first-order chi connectivity index (χ1) is 14.6. The Morgan fingerprint density at radius 3 is 2.55 bits per heavy atom. The lowest BCUT2D eigenvalue weighted by Crippen LogP contribution is -2.18. The normalized spacial score (nSPS) is 13.2. The van der Waals surface area contributed by atoms with Gasteiger partial charge in [-0.15, -0.1) is 0 Å². The molecular weight excluding hydrogens is 443 g/mol. The second-order valence-corrected chi connectivity index (χ2v) is 9.63. The van der Waals surface area contributed by atoms with Crippen molar-refractivity contribution in [2.24, 2.45) is 12.2 Å². The van der Waals surface area contributed by atoms with Gasteiger partial charge in [0.05, 0.1) is 10.6 Å². The molecule has 9 heteroatoms. The van der Waals surface area contributed by atoms with E-state index < -0.39 is 21.6 Å². The van der Waals surface area contributed by atoms with E-state index in [2.05, 4.69) is 5.16 Å². The summed E-state index contributed by atoms with van der Waals surface area (Å²) in [6, 6.07) is 13.3. The minimum absolute atomic E-state index is 0.0421. The SMILES string of the molecule is Cn1cc(/C(CC(c2cccc(S(C)(=O)=O)c2)c2ccc(Cl)cc2F)=N\O)ccc1=O. The number of nitrogens with zero attached hydrogens (tertiary/aromatic N) is 2. The number of benzene rings is 2. The van der Waals surface area contributed by atoms with Crippen LogP contribution in [0, 0.1) is 5.82 Å². The minimum atomic E-state index is -3.49. The molecule has 0 spiro atoms. The lowest BCUT2D eigenvalue weighted by Gasteiger charge is -2.20. The summed E-state index contributed by atoms with van der Waals surface area (Å²) in [5, 5.41) is 13.3. The molecular formula is C22H20ClFN2O4S. The maximum Gasteiger partial charge on any atom is 0.250 e. The molecule has 162 valence electrons. The van der Waals surface area contributed by atoms with Gasteiger partial charge in [-0.2, -0.15) is 0 Å². The average Bonchev–Trinajstić information content (AvgIpc) is 2.71. The van der Waals surface area contributed by atoms with E-state index in [0.29, 0.717) is 11.1 Å². The van der Waals surface area contributed by atoms with E-state index in [0.717, 1.165) is 6.26 Å². The highest BCUT2D eigenvalue weighted by Crippen LogP contribution is 2.33. The van der Waals surface area contributed by atoms with E-state index >= 15 is 0 Å². The quantitative estimate of drug-likeness (QED) is 0.341. The predicted octanol–water partition coefficient (Wildman–Crippen LogP) is 3.98. The molecule has 6 nitrogen and oxygen atoms in total. The molecule has 0 fully saturated rings. The highest BCUT2D eigenvalue weighted by Gasteiger charge is 2.23. The number of pyridine rings is 1. The molecule has 1 atom stereocenters. The van der Waals surface area contributed by atoms with Gasteiger partial charge in [0.1, 0.15) is 5.82 Å². The molecule has 1 heterocycles. The third-order valence-corrected chi connectivity index (χ3v) is 6.31. The van der Waals surface area contributed by atoms with E-state index in [-0.39, 0.29) is 33.2 Å². The Morgan fingerprint density at radius 2 is 1.94 bits per heavy atom. The van der Waals surface area contributed by atoms with Crippen LogP contribution in [-0.2, 0) is 16.9 Å². The molecule has 0 saturated heterocycles. The van der Waals surface area contributed by atoms with Crippen LogP contribution in [0.4, 0.5) is 4.39 Å². The summed E-state index contributed by atoms with van der Waals surface area (Å²) in [5.41, 5.74) is 1.24. The molecule has 0 amide bonds. The summed E-state index contributed by atoms with van der Waals surface area (Å²) in [6.45, 7) is 0. The van der Waals surface area contributed by atoms with E-state index in [4.69, 9.17) is 11.6 Å². The third kappa shape index (κ3) is 5.21. The van der Waals surface area contributed by atoms with Crippen molar-refractivity contribution in [1.82, 2.24) is 4.57 Å². The molecule has 0 bridgehead atoms. The molecule has 3 aromatic rings. The fraction of sp³-hybridized carbons (Fsp3) is 0.182. The highest BCUT2D eigenvalue weighted by molar-refractivity contribution is 7.90. The average molecular weight is 463 g/mol. The Kier molecular flexibility index (Phi) is 6.62. The summed E-state index contributed by atoms with van der Waals surface area (Å²) in [5.74, 6) is -1.25. The molecule has 0 radical (unpaired) electrons. The van der Waals surface area contributed by atoms with Gasteiger partial charge < -0.3 is 9.77 Å². The van der Waals surface area contributed by atoms with Crippen molar-refractivity contribution in [2.75, 3.05) is 6.26 Å². The van der Waals surface area contributed by atoms with Crippen molar-refractivity contribution in [3.8, 4) is 0 Å². The Labute approximate surface area is 184 Å². The van der Waals surface area contributed by atoms with Crippen molar-refractivity contribution in [1.29, 1.82) is 0 Å².